The lowest BCUT2D eigenvalue weighted by molar-refractivity contribution is -0.121. The number of hydrogen-bond donors (Lipinski definition) is 3. The van der Waals surface area contributed by atoms with Crippen LogP contribution in [0, 0.1) is 5.82 Å². The molecule has 0 radical (unpaired) electrons. The van der Waals surface area contributed by atoms with Gasteiger partial charge in [-0.05, 0) is 66.9 Å². The third-order valence-corrected chi connectivity index (χ3v) is 6.19. The number of nitrogens with one attached hydrogen (secondary N) is 3. The van der Waals surface area contributed by atoms with Crippen molar-refractivity contribution in [3.05, 3.63) is 101 Å². The number of hydrogen-bond acceptors (Lipinski definition) is 3. The molecule has 180 valence electrons. The highest BCUT2D eigenvalue weighted by molar-refractivity contribution is 6.31. The summed E-state index contributed by atoms with van der Waals surface area (Å²) < 4.78 is 14.1. The minimum absolute atomic E-state index is 0.169. The van der Waals surface area contributed by atoms with Crippen molar-refractivity contribution in [1.29, 1.82) is 0 Å². The normalized spacial score (nSPS) is 11.1. The first-order chi connectivity index (χ1) is 17.5. The third-order valence-electron chi connectivity index (χ3n) is 5.96. The van der Waals surface area contributed by atoms with Crippen molar-refractivity contribution in [3.63, 3.8) is 0 Å². The Hall–Kier alpha value is -4.23. The number of hydrazine groups is 1. The monoisotopic (exact) mass is 500 g/mol. The lowest BCUT2D eigenvalue weighted by atomic mass is 10.0. The maximum atomic E-state index is 14.1. The van der Waals surface area contributed by atoms with Crippen molar-refractivity contribution in [3.8, 4) is 11.4 Å². The average Bonchev–Trinajstić information content (AvgIpc) is 3.24. The van der Waals surface area contributed by atoms with E-state index in [9.17, 15) is 14.0 Å². The number of aryl methyl sites for hydroxylation is 1. The first-order valence-electron chi connectivity index (χ1n) is 11.5. The summed E-state index contributed by atoms with van der Waals surface area (Å²) in [7, 11) is 0. The van der Waals surface area contributed by atoms with Crippen molar-refractivity contribution in [2.24, 2.45) is 0 Å². The number of fused-ring (bicyclic) bond motifs is 2. The fourth-order valence-corrected chi connectivity index (χ4v) is 4.41. The summed E-state index contributed by atoms with van der Waals surface area (Å²) in [5.74, 6) is -1.12. The molecule has 2 amide bonds. The lowest BCUT2D eigenvalue weighted by Crippen LogP contribution is -2.41. The standard InChI is InChI=1S/C28H22ClFN4O2/c29-19-7-3-6-18(15-19)28(36)34-33-26(35)10-4-8-21-22-16-20(30)12-14-24(22)32-27(21)25-13-11-17-5-1-2-9-23(17)31-25/h1-3,5-7,9,11-16,32H,4,8,10H2,(H,33,35)(H,34,36). The molecule has 0 saturated heterocycles. The average molecular weight is 501 g/mol. The summed E-state index contributed by atoms with van der Waals surface area (Å²) in [5.41, 5.74) is 9.28. The van der Waals surface area contributed by atoms with Gasteiger partial charge in [0.05, 0.1) is 16.9 Å². The molecule has 0 fully saturated rings. The molecular formula is C28H22ClFN4O2. The van der Waals surface area contributed by atoms with Gasteiger partial charge >= 0.3 is 0 Å². The van der Waals surface area contributed by atoms with Crippen LogP contribution in [0.25, 0.3) is 33.2 Å². The molecule has 2 aromatic heterocycles. The number of carbonyl (C=O) groups is 2. The number of H-pyrrole nitrogens is 1. The molecule has 2 heterocycles. The van der Waals surface area contributed by atoms with E-state index in [-0.39, 0.29) is 18.1 Å². The number of para-hydroxylation sites is 1. The Labute approximate surface area is 211 Å². The number of aromatic amines is 1. The molecule has 0 aliphatic carbocycles. The van der Waals surface area contributed by atoms with Crippen LogP contribution in [0.4, 0.5) is 4.39 Å². The van der Waals surface area contributed by atoms with Gasteiger partial charge in [-0.2, -0.15) is 0 Å². The minimum atomic E-state index is -0.456. The fourth-order valence-electron chi connectivity index (χ4n) is 4.22. The van der Waals surface area contributed by atoms with Crippen LogP contribution >= 0.6 is 11.6 Å². The zero-order valence-electron chi connectivity index (χ0n) is 19.1. The van der Waals surface area contributed by atoms with E-state index in [0.29, 0.717) is 23.4 Å². The zero-order chi connectivity index (χ0) is 25.1. The Kier molecular flexibility index (Phi) is 6.64. The number of rotatable bonds is 6. The molecule has 0 aliphatic heterocycles. The lowest BCUT2D eigenvalue weighted by Gasteiger charge is -2.09. The topological polar surface area (TPSA) is 86.9 Å². The van der Waals surface area contributed by atoms with E-state index in [1.165, 1.54) is 18.2 Å². The number of pyridine rings is 1. The van der Waals surface area contributed by atoms with Gasteiger partial charge in [0.15, 0.2) is 0 Å². The van der Waals surface area contributed by atoms with Crippen LogP contribution in [-0.4, -0.2) is 21.8 Å². The quantitative estimate of drug-likeness (QED) is 0.251. The molecule has 8 heteroatoms. The van der Waals surface area contributed by atoms with Crippen molar-refractivity contribution >= 4 is 45.2 Å². The van der Waals surface area contributed by atoms with Gasteiger partial charge in [0.1, 0.15) is 5.82 Å². The van der Waals surface area contributed by atoms with Gasteiger partial charge in [-0.1, -0.05) is 41.9 Å². The Balaban J connectivity index is 1.31. The highest BCUT2D eigenvalue weighted by Crippen LogP contribution is 2.32. The van der Waals surface area contributed by atoms with Gasteiger partial charge in [0, 0.05) is 33.3 Å². The predicted octanol–water partition coefficient (Wildman–Crippen LogP) is 5.96. The summed E-state index contributed by atoms with van der Waals surface area (Å²) in [5, 5.41) is 2.22. The first-order valence-corrected chi connectivity index (χ1v) is 11.9. The molecule has 0 aliphatic rings. The SMILES string of the molecule is O=C(CCCc1c(-c2ccc3ccccc3n2)[nH]c2ccc(F)cc12)NNC(=O)c1cccc(Cl)c1. The van der Waals surface area contributed by atoms with Gasteiger partial charge in [0.2, 0.25) is 5.91 Å². The van der Waals surface area contributed by atoms with Crippen LogP contribution in [-0.2, 0) is 11.2 Å². The minimum Gasteiger partial charge on any atom is -0.353 e. The summed E-state index contributed by atoms with van der Waals surface area (Å²) in [6.07, 6.45) is 1.17. The Morgan fingerprint density at radius 3 is 2.67 bits per heavy atom. The highest BCUT2D eigenvalue weighted by atomic mass is 35.5. The van der Waals surface area contributed by atoms with Crippen molar-refractivity contribution < 1.29 is 14.0 Å². The van der Waals surface area contributed by atoms with Gasteiger partial charge < -0.3 is 4.98 Å². The number of aromatic nitrogens is 2. The second kappa shape index (κ2) is 10.2. The van der Waals surface area contributed by atoms with E-state index in [0.717, 1.165) is 38.8 Å². The van der Waals surface area contributed by atoms with Gasteiger partial charge in [-0.3, -0.25) is 20.4 Å². The molecule has 3 N–H and O–H groups in total. The third kappa shape index (κ3) is 5.06. The second-order valence-corrected chi connectivity index (χ2v) is 8.86. The van der Waals surface area contributed by atoms with E-state index < -0.39 is 5.91 Å². The van der Waals surface area contributed by atoms with E-state index >= 15 is 0 Å². The molecule has 5 rings (SSSR count). The molecule has 6 nitrogen and oxygen atoms in total. The zero-order valence-corrected chi connectivity index (χ0v) is 19.9. The molecule has 0 saturated carbocycles. The number of halogens is 2. The molecule has 0 bridgehead atoms. The molecular weight excluding hydrogens is 479 g/mol. The van der Waals surface area contributed by atoms with Crippen LogP contribution in [0.3, 0.4) is 0 Å². The molecule has 3 aromatic carbocycles. The Bertz CT molecular complexity index is 1600. The van der Waals surface area contributed by atoms with Crippen LogP contribution in [0.1, 0.15) is 28.8 Å². The fraction of sp³-hybridized carbons (Fsp3) is 0.107. The first kappa shape index (κ1) is 23.5. The number of nitrogens with zero attached hydrogens (tertiary/aromatic N) is 1. The van der Waals surface area contributed by atoms with E-state index in [1.54, 1.807) is 24.3 Å². The molecule has 5 aromatic rings. The summed E-state index contributed by atoms with van der Waals surface area (Å²) in [6.45, 7) is 0. The molecule has 0 atom stereocenters. The van der Waals surface area contributed by atoms with Crippen molar-refractivity contribution in [1.82, 2.24) is 20.8 Å². The maximum absolute atomic E-state index is 14.1. The number of amides is 2. The van der Waals surface area contributed by atoms with Gasteiger partial charge in [-0.15, -0.1) is 0 Å². The van der Waals surface area contributed by atoms with Crippen molar-refractivity contribution in [2.75, 3.05) is 0 Å². The molecule has 0 unspecified atom stereocenters. The van der Waals surface area contributed by atoms with Crippen LogP contribution in [0.5, 0.6) is 0 Å². The summed E-state index contributed by atoms with van der Waals surface area (Å²) in [4.78, 5) is 32.7. The molecule has 0 spiro atoms. The van der Waals surface area contributed by atoms with Crippen LogP contribution in [0.15, 0.2) is 78.9 Å². The smallest absolute Gasteiger partial charge is 0.269 e. The predicted molar refractivity (Wildman–Crippen MR) is 139 cm³/mol. The summed E-state index contributed by atoms with van der Waals surface area (Å²) >= 11 is 5.91. The van der Waals surface area contributed by atoms with Crippen LogP contribution in [0.2, 0.25) is 5.02 Å². The van der Waals surface area contributed by atoms with E-state index in [4.69, 9.17) is 16.6 Å². The summed E-state index contributed by atoms with van der Waals surface area (Å²) in [6, 6.07) is 22.8. The maximum Gasteiger partial charge on any atom is 0.269 e. The Morgan fingerprint density at radius 1 is 0.944 bits per heavy atom. The molecule has 36 heavy (non-hydrogen) atoms. The number of carbonyl (C=O) groups excluding carboxylic acids is 2. The van der Waals surface area contributed by atoms with Gasteiger partial charge in [-0.25, -0.2) is 9.37 Å². The highest BCUT2D eigenvalue weighted by Gasteiger charge is 2.16. The van der Waals surface area contributed by atoms with E-state index in [1.807, 2.05) is 36.4 Å². The van der Waals surface area contributed by atoms with Gasteiger partial charge in [0.25, 0.3) is 5.91 Å². The van der Waals surface area contributed by atoms with E-state index in [2.05, 4.69) is 15.8 Å². The second-order valence-electron chi connectivity index (χ2n) is 8.42. The van der Waals surface area contributed by atoms with Crippen LogP contribution < -0.4 is 10.9 Å². The van der Waals surface area contributed by atoms with Crippen molar-refractivity contribution in [2.45, 2.75) is 19.3 Å². The largest absolute Gasteiger partial charge is 0.353 e. The Morgan fingerprint density at radius 2 is 1.81 bits per heavy atom. The number of benzene rings is 3.